The summed E-state index contributed by atoms with van der Waals surface area (Å²) in [6, 6.07) is 23.8. The second-order valence-corrected chi connectivity index (χ2v) is 9.24. The molecule has 3 aromatic carbocycles. The van der Waals surface area contributed by atoms with Gasteiger partial charge in [-0.1, -0.05) is 60.7 Å². The Labute approximate surface area is 222 Å². The first-order valence-corrected chi connectivity index (χ1v) is 12.8. The van der Waals surface area contributed by atoms with E-state index in [0.29, 0.717) is 43.4 Å². The van der Waals surface area contributed by atoms with E-state index in [-0.39, 0.29) is 19.6 Å². The monoisotopic (exact) mass is 519 g/mol. The summed E-state index contributed by atoms with van der Waals surface area (Å²) in [6.45, 7) is 2.08. The van der Waals surface area contributed by atoms with Crippen LogP contribution >= 0.6 is 0 Å². The van der Waals surface area contributed by atoms with Crippen LogP contribution in [-0.2, 0) is 34.0 Å². The molecule has 1 atom stereocenters. The van der Waals surface area contributed by atoms with Gasteiger partial charge in [-0.05, 0) is 48.1 Å². The zero-order valence-corrected chi connectivity index (χ0v) is 21.3. The number of hydrogen-bond acceptors (Lipinski definition) is 6. The molecule has 0 aromatic heterocycles. The maximum Gasteiger partial charge on any atom is 0.346 e. The molecule has 8 heteroatoms. The number of carboxylic acids is 2. The van der Waals surface area contributed by atoms with Crippen LogP contribution in [-0.4, -0.2) is 48.0 Å². The number of rotatable bonds is 14. The summed E-state index contributed by atoms with van der Waals surface area (Å²) in [5.41, 5.74) is 4.05. The average molecular weight is 520 g/mol. The lowest BCUT2D eigenvalue weighted by molar-refractivity contribution is -0.145. The maximum atomic E-state index is 11.7. The number of aliphatic carboxylic acids is 2. The normalized spacial score (nSPS) is 14.4. The molecule has 8 nitrogen and oxygen atoms in total. The van der Waals surface area contributed by atoms with Gasteiger partial charge in [-0.2, -0.15) is 0 Å². The molecular formula is C30H33NO7. The summed E-state index contributed by atoms with van der Waals surface area (Å²) in [5.74, 6) is -1.15. The number of ether oxygens (including phenoxy) is 3. The van der Waals surface area contributed by atoms with Crippen molar-refractivity contribution in [1.29, 1.82) is 0 Å². The lowest BCUT2D eigenvalue weighted by Crippen LogP contribution is -2.45. The van der Waals surface area contributed by atoms with Crippen LogP contribution in [0.4, 0.5) is 5.69 Å². The molecule has 1 aliphatic heterocycles. The minimum Gasteiger partial charge on any atom is -0.485 e. The zero-order valence-electron chi connectivity index (χ0n) is 21.3. The Morgan fingerprint density at radius 1 is 0.868 bits per heavy atom. The maximum absolute atomic E-state index is 11.7. The SMILES string of the molecule is O=C(O)CCCN1CC(C(=O)O)Oc2c(OCc3ccc(COCCCc4ccccc4)cc3)cccc21. The summed E-state index contributed by atoms with van der Waals surface area (Å²) in [4.78, 5) is 24.5. The summed E-state index contributed by atoms with van der Waals surface area (Å²) < 4.78 is 17.6. The Morgan fingerprint density at radius 2 is 1.61 bits per heavy atom. The summed E-state index contributed by atoms with van der Waals surface area (Å²) in [5, 5.41) is 18.5. The molecule has 0 saturated heterocycles. The third-order valence-corrected chi connectivity index (χ3v) is 6.32. The van der Waals surface area contributed by atoms with Gasteiger partial charge in [0.1, 0.15) is 6.61 Å². The predicted octanol–water partition coefficient (Wildman–Crippen LogP) is 4.93. The van der Waals surface area contributed by atoms with E-state index in [1.807, 2.05) is 59.5 Å². The standard InChI is InChI=1S/C30H33NO7/c32-28(33)12-5-17-31-19-27(30(34)35)38-29-25(31)10-4-11-26(29)37-21-24-15-13-23(14-16-24)20-36-18-6-9-22-7-2-1-3-8-22/h1-4,7-8,10-11,13-16,27H,5-6,9,12,17-21H2,(H,32,33)(H,34,35). The Kier molecular flexibility index (Phi) is 9.59. The van der Waals surface area contributed by atoms with E-state index >= 15 is 0 Å². The van der Waals surface area contributed by atoms with Crippen molar-refractivity contribution in [3.63, 3.8) is 0 Å². The van der Waals surface area contributed by atoms with Gasteiger partial charge in [0.25, 0.3) is 0 Å². The summed E-state index contributed by atoms with van der Waals surface area (Å²) in [7, 11) is 0. The molecule has 0 fully saturated rings. The van der Waals surface area contributed by atoms with Crippen LogP contribution in [0, 0.1) is 0 Å². The highest BCUT2D eigenvalue weighted by molar-refractivity contribution is 5.77. The van der Waals surface area contributed by atoms with Crippen molar-refractivity contribution in [3.05, 3.63) is 89.5 Å². The van der Waals surface area contributed by atoms with Gasteiger partial charge in [-0.15, -0.1) is 0 Å². The number of carboxylic acid groups (broad SMARTS) is 2. The van der Waals surface area contributed by atoms with Crippen molar-refractivity contribution in [2.75, 3.05) is 24.6 Å². The lowest BCUT2D eigenvalue weighted by Gasteiger charge is -2.35. The average Bonchev–Trinajstić information content (AvgIpc) is 2.92. The van der Waals surface area contributed by atoms with Crippen molar-refractivity contribution in [2.45, 2.75) is 45.0 Å². The highest BCUT2D eigenvalue weighted by atomic mass is 16.5. The van der Waals surface area contributed by atoms with E-state index in [2.05, 4.69) is 12.1 Å². The van der Waals surface area contributed by atoms with Crippen LogP contribution in [0.5, 0.6) is 11.5 Å². The van der Waals surface area contributed by atoms with Crippen LogP contribution in [0.15, 0.2) is 72.8 Å². The van der Waals surface area contributed by atoms with Crippen LogP contribution in [0.25, 0.3) is 0 Å². The Morgan fingerprint density at radius 3 is 2.32 bits per heavy atom. The quantitative estimate of drug-likeness (QED) is 0.289. The molecule has 0 spiro atoms. The number of anilines is 1. The van der Waals surface area contributed by atoms with Crippen molar-refractivity contribution >= 4 is 17.6 Å². The molecule has 2 N–H and O–H groups in total. The molecule has 1 aliphatic rings. The molecule has 1 unspecified atom stereocenters. The van der Waals surface area contributed by atoms with Gasteiger partial charge in [-0.3, -0.25) is 4.79 Å². The first-order valence-electron chi connectivity index (χ1n) is 12.8. The number of benzene rings is 3. The van der Waals surface area contributed by atoms with E-state index in [1.54, 1.807) is 6.07 Å². The van der Waals surface area contributed by atoms with Gasteiger partial charge in [0.05, 0.1) is 18.8 Å². The predicted molar refractivity (Wildman–Crippen MR) is 143 cm³/mol. The number of fused-ring (bicyclic) bond motifs is 1. The fraction of sp³-hybridized carbons (Fsp3) is 0.333. The first-order chi connectivity index (χ1) is 18.5. The Hall–Kier alpha value is -4.04. The van der Waals surface area contributed by atoms with Crippen LogP contribution < -0.4 is 14.4 Å². The molecule has 0 amide bonds. The van der Waals surface area contributed by atoms with E-state index in [0.717, 1.165) is 24.0 Å². The molecule has 200 valence electrons. The van der Waals surface area contributed by atoms with Gasteiger partial charge in [0.15, 0.2) is 11.5 Å². The van der Waals surface area contributed by atoms with Crippen LogP contribution in [0.1, 0.15) is 36.0 Å². The first kappa shape index (κ1) is 27.0. The highest BCUT2D eigenvalue weighted by Gasteiger charge is 2.32. The van der Waals surface area contributed by atoms with Gasteiger partial charge in [-0.25, -0.2) is 4.79 Å². The Balaban J connectivity index is 1.30. The van der Waals surface area contributed by atoms with Gasteiger partial charge in [0, 0.05) is 19.6 Å². The summed E-state index contributed by atoms with van der Waals surface area (Å²) in [6.07, 6.45) is 1.31. The fourth-order valence-electron chi connectivity index (χ4n) is 4.33. The van der Waals surface area contributed by atoms with E-state index in [1.165, 1.54) is 5.56 Å². The smallest absolute Gasteiger partial charge is 0.346 e. The molecule has 1 heterocycles. The molecule has 4 rings (SSSR count). The van der Waals surface area contributed by atoms with Gasteiger partial charge < -0.3 is 29.3 Å². The molecule has 0 radical (unpaired) electrons. The molecule has 0 bridgehead atoms. The number of para-hydroxylation sites is 1. The largest absolute Gasteiger partial charge is 0.485 e. The molecular weight excluding hydrogens is 486 g/mol. The van der Waals surface area contributed by atoms with Crippen LogP contribution in [0.3, 0.4) is 0 Å². The second-order valence-electron chi connectivity index (χ2n) is 9.24. The van der Waals surface area contributed by atoms with Crippen molar-refractivity contribution in [1.82, 2.24) is 0 Å². The van der Waals surface area contributed by atoms with Crippen LogP contribution in [0.2, 0.25) is 0 Å². The lowest BCUT2D eigenvalue weighted by atomic mass is 10.1. The van der Waals surface area contributed by atoms with Crippen molar-refractivity contribution in [2.24, 2.45) is 0 Å². The molecule has 0 aliphatic carbocycles. The fourth-order valence-corrected chi connectivity index (χ4v) is 4.33. The third kappa shape index (κ3) is 7.73. The van der Waals surface area contributed by atoms with Crippen molar-refractivity contribution in [3.8, 4) is 11.5 Å². The molecule has 3 aromatic rings. The summed E-state index contributed by atoms with van der Waals surface area (Å²) >= 11 is 0. The topological polar surface area (TPSA) is 106 Å². The van der Waals surface area contributed by atoms with Crippen molar-refractivity contribution < 1.29 is 34.0 Å². The van der Waals surface area contributed by atoms with Gasteiger partial charge >= 0.3 is 11.9 Å². The van der Waals surface area contributed by atoms with E-state index in [9.17, 15) is 14.7 Å². The van der Waals surface area contributed by atoms with Gasteiger partial charge in [0.2, 0.25) is 6.10 Å². The number of hydrogen-bond donors (Lipinski definition) is 2. The minimum absolute atomic E-state index is 0.00927. The number of carbonyl (C=O) groups is 2. The van der Waals surface area contributed by atoms with E-state index < -0.39 is 18.0 Å². The molecule has 38 heavy (non-hydrogen) atoms. The minimum atomic E-state index is -1.08. The highest BCUT2D eigenvalue weighted by Crippen LogP contribution is 2.41. The number of nitrogens with zero attached hydrogens (tertiary/aromatic N) is 1. The third-order valence-electron chi connectivity index (χ3n) is 6.32. The van der Waals surface area contributed by atoms with E-state index in [4.69, 9.17) is 19.3 Å². The zero-order chi connectivity index (χ0) is 26.7. The molecule has 0 saturated carbocycles. The Bertz CT molecular complexity index is 1200. The number of aryl methyl sites for hydroxylation is 1. The second kappa shape index (κ2) is 13.5.